The molecule has 1 aromatic heterocycles. The summed E-state index contributed by atoms with van der Waals surface area (Å²) in [6, 6.07) is 3.47. The zero-order valence-corrected chi connectivity index (χ0v) is 10.8. The van der Waals surface area contributed by atoms with E-state index in [4.69, 9.17) is 15.9 Å². The number of nitrogens with two attached hydrogens (primary N) is 1. The maximum absolute atomic E-state index is 7.44. The Balaban J connectivity index is 2.79. The Hall–Kier alpha value is -1.62. The quantitative estimate of drug-likeness (QED) is 0.592. The minimum atomic E-state index is -0.106. The van der Waals surface area contributed by atoms with Crippen LogP contribution in [0.2, 0.25) is 0 Å². The van der Waals surface area contributed by atoms with Gasteiger partial charge in [-0.1, -0.05) is 0 Å². The van der Waals surface area contributed by atoms with Gasteiger partial charge in [-0.3, -0.25) is 5.41 Å². The molecular weight excluding hydrogens is 216 g/mol. The molecule has 0 spiro atoms. The van der Waals surface area contributed by atoms with Crippen molar-refractivity contribution in [1.82, 2.24) is 9.88 Å². The van der Waals surface area contributed by atoms with E-state index in [1.807, 2.05) is 14.1 Å². The van der Waals surface area contributed by atoms with E-state index in [1.165, 1.54) is 0 Å². The Morgan fingerprint density at radius 2 is 2.18 bits per heavy atom. The highest BCUT2D eigenvalue weighted by molar-refractivity contribution is 5.96. The van der Waals surface area contributed by atoms with Crippen molar-refractivity contribution in [2.45, 2.75) is 19.4 Å². The van der Waals surface area contributed by atoms with Crippen LogP contribution < -0.4 is 10.5 Å². The van der Waals surface area contributed by atoms with Gasteiger partial charge in [-0.15, -0.1) is 0 Å². The molecule has 1 rings (SSSR count). The molecular formula is C12H20N4O. The average molecular weight is 236 g/mol. The molecule has 1 heterocycles. The van der Waals surface area contributed by atoms with Crippen LogP contribution in [0.5, 0.6) is 5.88 Å². The van der Waals surface area contributed by atoms with Crippen molar-refractivity contribution in [2.24, 2.45) is 5.73 Å². The van der Waals surface area contributed by atoms with Gasteiger partial charge in [-0.25, -0.2) is 4.98 Å². The standard InChI is InChI=1S/C12H20N4O/c1-12(2,16(3)4)8-17-11-9(10(13)14)6-5-7-15-11/h5-7H,8H2,1-4H3,(H3,13,14). The summed E-state index contributed by atoms with van der Waals surface area (Å²) in [4.78, 5) is 6.17. The third kappa shape index (κ3) is 3.42. The smallest absolute Gasteiger partial charge is 0.224 e. The number of rotatable bonds is 5. The summed E-state index contributed by atoms with van der Waals surface area (Å²) in [5.41, 5.74) is 5.89. The SMILES string of the molecule is CN(C)C(C)(C)COc1ncccc1C(=N)N. The maximum Gasteiger partial charge on any atom is 0.224 e. The predicted octanol–water partition coefficient (Wildman–Crippen LogP) is 1.08. The maximum atomic E-state index is 7.44. The number of hydrogen-bond donors (Lipinski definition) is 2. The lowest BCUT2D eigenvalue weighted by molar-refractivity contribution is 0.111. The normalized spacial score (nSPS) is 11.6. The molecule has 17 heavy (non-hydrogen) atoms. The topological polar surface area (TPSA) is 75.2 Å². The van der Waals surface area contributed by atoms with Crippen LogP contribution in [0.15, 0.2) is 18.3 Å². The van der Waals surface area contributed by atoms with E-state index in [0.29, 0.717) is 18.1 Å². The number of likely N-dealkylation sites (N-methyl/N-ethyl adjacent to an activating group) is 1. The van der Waals surface area contributed by atoms with Gasteiger partial charge in [0, 0.05) is 11.7 Å². The van der Waals surface area contributed by atoms with E-state index in [9.17, 15) is 0 Å². The molecule has 5 nitrogen and oxygen atoms in total. The summed E-state index contributed by atoms with van der Waals surface area (Å²) in [5, 5.41) is 7.44. The molecule has 0 fully saturated rings. The van der Waals surface area contributed by atoms with Gasteiger partial charge in [0.15, 0.2) is 0 Å². The van der Waals surface area contributed by atoms with Crippen LogP contribution in [0.25, 0.3) is 0 Å². The first-order valence-corrected chi connectivity index (χ1v) is 5.44. The van der Waals surface area contributed by atoms with Crippen LogP contribution in [0.3, 0.4) is 0 Å². The second-order valence-corrected chi connectivity index (χ2v) is 4.77. The summed E-state index contributed by atoms with van der Waals surface area (Å²) in [6.45, 7) is 4.63. The number of pyridine rings is 1. The lowest BCUT2D eigenvalue weighted by Gasteiger charge is -2.32. The first kappa shape index (κ1) is 13.4. The van der Waals surface area contributed by atoms with Crippen molar-refractivity contribution in [2.75, 3.05) is 20.7 Å². The van der Waals surface area contributed by atoms with Gasteiger partial charge in [0.2, 0.25) is 5.88 Å². The first-order chi connectivity index (χ1) is 7.84. The minimum Gasteiger partial charge on any atom is -0.475 e. The van der Waals surface area contributed by atoms with E-state index in [0.717, 1.165) is 0 Å². The van der Waals surface area contributed by atoms with Crippen LogP contribution in [0, 0.1) is 5.41 Å². The second-order valence-electron chi connectivity index (χ2n) is 4.77. The Bertz CT molecular complexity index is 401. The molecule has 0 radical (unpaired) electrons. The van der Waals surface area contributed by atoms with Gasteiger partial charge in [0.25, 0.3) is 0 Å². The largest absolute Gasteiger partial charge is 0.475 e. The fraction of sp³-hybridized carbons (Fsp3) is 0.500. The molecule has 1 aromatic rings. The Morgan fingerprint density at radius 1 is 1.53 bits per heavy atom. The predicted molar refractivity (Wildman–Crippen MR) is 68.5 cm³/mol. The molecule has 3 N–H and O–H groups in total. The molecule has 0 atom stereocenters. The molecule has 0 aliphatic heterocycles. The van der Waals surface area contributed by atoms with E-state index < -0.39 is 0 Å². The molecule has 5 heteroatoms. The lowest BCUT2D eigenvalue weighted by atomic mass is 10.1. The van der Waals surface area contributed by atoms with Crippen LogP contribution >= 0.6 is 0 Å². The number of nitrogens with one attached hydrogen (secondary N) is 1. The number of nitrogens with zero attached hydrogens (tertiary/aromatic N) is 2. The minimum absolute atomic E-state index is 0.0317. The lowest BCUT2D eigenvalue weighted by Crippen LogP contribution is -2.43. The Morgan fingerprint density at radius 3 is 2.71 bits per heavy atom. The zero-order chi connectivity index (χ0) is 13.1. The number of nitrogen functional groups attached to an aromatic ring is 1. The molecule has 94 valence electrons. The molecule has 0 saturated heterocycles. The van der Waals surface area contributed by atoms with Crippen LogP contribution in [0.1, 0.15) is 19.4 Å². The van der Waals surface area contributed by atoms with Gasteiger partial charge < -0.3 is 15.4 Å². The molecule has 0 aliphatic rings. The van der Waals surface area contributed by atoms with Crippen LogP contribution in [-0.2, 0) is 0 Å². The highest BCUT2D eigenvalue weighted by Gasteiger charge is 2.22. The molecule has 0 unspecified atom stereocenters. The van der Waals surface area contributed by atoms with Crippen molar-refractivity contribution in [3.63, 3.8) is 0 Å². The highest BCUT2D eigenvalue weighted by Crippen LogP contribution is 2.17. The van der Waals surface area contributed by atoms with Gasteiger partial charge in [0.05, 0.1) is 5.56 Å². The van der Waals surface area contributed by atoms with Crippen molar-refractivity contribution >= 4 is 5.84 Å². The fourth-order valence-electron chi connectivity index (χ4n) is 1.08. The van der Waals surface area contributed by atoms with Gasteiger partial charge in [-0.2, -0.15) is 0 Å². The monoisotopic (exact) mass is 236 g/mol. The number of hydrogen-bond acceptors (Lipinski definition) is 4. The third-order valence-corrected chi connectivity index (χ3v) is 2.83. The summed E-state index contributed by atoms with van der Waals surface area (Å²) < 4.78 is 5.65. The van der Waals surface area contributed by atoms with Crippen LogP contribution in [0.4, 0.5) is 0 Å². The number of aromatic nitrogens is 1. The van der Waals surface area contributed by atoms with Crippen molar-refractivity contribution in [1.29, 1.82) is 5.41 Å². The van der Waals surface area contributed by atoms with Gasteiger partial charge in [0.1, 0.15) is 12.4 Å². The summed E-state index contributed by atoms with van der Waals surface area (Å²) >= 11 is 0. The third-order valence-electron chi connectivity index (χ3n) is 2.83. The average Bonchev–Trinajstić information content (AvgIpc) is 2.26. The van der Waals surface area contributed by atoms with Gasteiger partial charge >= 0.3 is 0 Å². The molecule has 0 aromatic carbocycles. The van der Waals surface area contributed by atoms with Crippen molar-refractivity contribution in [3.05, 3.63) is 23.9 Å². The second kappa shape index (κ2) is 5.14. The van der Waals surface area contributed by atoms with E-state index in [1.54, 1.807) is 18.3 Å². The number of ether oxygens (including phenoxy) is 1. The van der Waals surface area contributed by atoms with E-state index in [2.05, 4.69) is 23.7 Å². The van der Waals surface area contributed by atoms with Gasteiger partial charge in [-0.05, 0) is 40.1 Å². The molecule has 0 bridgehead atoms. The molecule has 0 amide bonds. The van der Waals surface area contributed by atoms with E-state index in [-0.39, 0.29) is 11.4 Å². The van der Waals surface area contributed by atoms with Crippen molar-refractivity contribution in [3.8, 4) is 5.88 Å². The highest BCUT2D eigenvalue weighted by atomic mass is 16.5. The van der Waals surface area contributed by atoms with E-state index >= 15 is 0 Å². The molecule has 0 aliphatic carbocycles. The fourth-order valence-corrected chi connectivity index (χ4v) is 1.08. The molecule has 0 saturated carbocycles. The van der Waals surface area contributed by atoms with Crippen molar-refractivity contribution < 1.29 is 4.74 Å². The zero-order valence-electron chi connectivity index (χ0n) is 10.8. The number of amidine groups is 1. The Kier molecular flexibility index (Phi) is 4.07. The summed E-state index contributed by atoms with van der Waals surface area (Å²) in [6.07, 6.45) is 1.63. The first-order valence-electron chi connectivity index (χ1n) is 5.44. The Labute approximate surface area is 102 Å². The summed E-state index contributed by atoms with van der Waals surface area (Å²) in [5.74, 6) is 0.380. The summed E-state index contributed by atoms with van der Waals surface area (Å²) in [7, 11) is 3.99. The van der Waals surface area contributed by atoms with Crippen LogP contribution in [-0.4, -0.2) is 42.0 Å².